The Morgan fingerprint density at radius 1 is 1.05 bits per heavy atom. The van der Waals surface area contributed by atoms with Crippen molar-refractivity contribution in [2.24, 2.45) is 0 Å². The molecule has 112 valence electrons. The standard InChI is InChI=1S/C17H17BrN4/c1-11-8-9-15(13(18)10-11)20-17-19-14-7-5-4-6-12(14)16(21-17)22(2)3/h4-10H,1-3H3,(H,19,20,21). The van der Waals surface area contributed by atoms with Gasteiger partial charge in [-0.15, -0.1) is 0 Å². The maximum Gasteiger partial charge on any atom is 0.229 e. The van der Waals surface area contributed by atoms with Gasteiger partial charge in [-0.2, -0.15) is 4.98 Å². The van der Waals surface area contributed by atoms with Crippen LogP contribution in [0.15, 0.2) is 46.9 Å². The van der Waals surface area contributed by atoms with E-state index in [1.165, 1.54) is 5.56 Å². The number of aryl methyl sites for hydroxylation is 1. The number of halogens is 1. The van der Waals surface area contributed by atoms with E-state index >= 15 is 0 Å². The molecule has 0 fully saturated rings. The minimum atomic E-state index is 0.590. The lowest BCUT2D eigenvalue weighted by atomic mass is 10.2. The van der Waals surface area contributed by atoms with Crippen LogP contribution in [0, 0.1) is 6.92 Å². The SMILES string of the molecule is Cc1ccc(Nc2nc(N(C)C)c3ccccc3n2)c(Br)c1. The number of rotatable bonds is 3. The van der Waals surface area contributed by atoms with Gasteiger partial charge in [0.25, 0.3) is 0 Å². The predicted octanol–water partition coefficient (Wildman–Crippen LogP) is 4.51. The van der Waals surface area contributed by atoms with Crippen LogP contribution < -0.4 is 10.2 Å². The number of anilines is 3. The van der Waals surface area contributed by atoms with Gasteiger partial charge in [0.1, 0.15) is 5.82 Å². The lowest BCUT2D eigenvalue weighted by molar-refractivity contribution is 1.06. The highest BCUT2D eigenvalue weighted by atomic mass is 79.9. The molecule has 0 saturated carbocycles. The van der Waals surface area contributed by atoms with Crippen LogP contribution >= 0.6 is 15.9 Å². The summed E-state index contributed by atoms with van der Waals surface area (Å²) in [5.41, 5.74) is 3.07. The topological polar surface area (TPSA) is 41.1 Å². The molecule has 0 aliphatic carbocycles. The monoisotopic (exact) mass is 356 g/mol. The van der Waals surface area contributed by atoms with E-state index in [1.54, 1.807) is 0 Å². The summed E-state index contributed by atoms with van der Waals surface area (Å²) in [6, 6.07) is 14.2. The number of benzene rings is 2. The minimum absolute atomic E-state index is 0.590. The van der Waals surface area contributed by atoms with Gasteiger partial charge >= 0.3 is 0 Å². The average Bonchev–Trinajstić information content (AvgIpc) is 2.49. The number of nitrogens with one attached hydrogen (secondary N) is 1. The third kappa shape index (κ3) is 2.90. The first-order valence-electron chi connectivity index (χ1n) is 7.02. The van der Waals surface area contributed by atoms with Crippen molar-refractivity contribution in [3.05, 3.63) is 52.5 Å². The second kappa shape index (κ2) is 5.93. The Labute approximate surface area is 138 Å². The zero-order chi connectivity index (χ0) is 15.7. The maximum absolute atomic E-state index is 4.64. The van der Waals surface area contributed by atoms with Gasteiger partial charge in [0, 0.05) is 24.0 Å². The molecule has 0 atom stereocenters. The van der Waals surface area contributed by atoms with Gasteiger partial charge in [-0.05, 0) is 52.7 Å². The molecule has 4 nitrogen and oxygen atoms in total. The third-order valence-corrected chi connectivity index (χ3v) is 4.03. The summed E-state index contributed by atoms with van der Waals surface area (Å²) in [4.78, 5) is 11.2. The average molecular weight is 357 g/mol. The number of fused-ring (bicyclic) bond motifs is 1. The van der Waals surface area contributed by atoms with E-state index in [-0.39, 0.29) is 0 Å². The number of hydrogen-bond acceptors (Lipinski definition) is 4. The molecule has 22 heavy (non-hydrogen) atoms. The number of para-hydroxylation sites is 1. The van der Waals surface area contributed by atoms with Crippen LogP contribution in [0.2, 0.25) is 0 Å². The Morgan fingerprint density at radius 3 is 2.55 bits per heavy atom. The van der Waals surface area contributed by atoms with Gasteiger partial charge in [0.2, 0.25) is 5.95 Å². The first kappa shape index (κ1) is 14.8. The van der Waals surface area contributed by atoms with Gasteiger partial charge < -0.3 is 10.2 Å². The molecule has 0 radical (unpaired) electrons. The number of hydrogen-bond donors (Lipinski definition) is 1. The molecule has 0 aliphatic rings. The first-order valence-corrected chi connectivity index (χ1v) is 7.81. The van der Waals surface area contributed by atoms with Crippen LogP contribution in [0.3, 0.4) is 0 Å². The summed E-state index contributed by atoms with van der Waals surface area (Å²) in [7, 11) is 3.97. The summed E-state index contributed by atoms with van der Waals surface area (Å²) >= 11 is 3.57. The summed E-state index contributed by atoms with van der Waals surface area (Å²) < 4.78 is 0.996. The molecule has 3 rings (SSSR count). The lowest BCUT2D eigenvalue weighted by Crippen LogP contribution is -2.13. The molecule has 1 N–H and O–H groups in total. The minimum Gasteiger partial charge on any atom is -0.362 e. The van der Waals surface area contributed by atoms with E-state index in [2.05, 4.69) is 50.3 Å². The molecule has 0 spiro atoms. The third-order valence-electron chi connectivity index (χ3n) is 3.38. The second-order valence-corrected chi connectivity index (χ2v) is 6.25. The van der Waals surface area contributed by atoms with E-state index < -0.39 is 0 Å². The smallest absolute Gasteiger partial charge is 0.229 e. The van der Waals surface area contributed by atoms with E-state index in [9.17, 15) is 0 Å². The summed E-state index contributed by atoms with van der Waals surface area (Å²) in [6.45, 7) is 2.06. The Kier molecular flexibility index (Phi) is 3.98. The van der Waals surface area contributed by atoms with E-state index in [0.29, 0.717) is 5.95 Å². The van der Waals surface area contributed by atoms with Crippen molar-refractivity contribution in [2.45, 2.75) is 6.92 Å². The molecule has 0 amide bonds. The van der Waals surface area contributed by atoms with E-state index in [4.69, 9.17) is 0 Å². The van der Waals surface area contributed by atoms with Crippen molar-refractivity contribution in [3.8, 4) is 0 Å². The maximum atomic E-state index is 4.64. The van der Waals surface area contributed by atoms with Gasteiger partial charge in [-0.3, -0.25) is 0 Å². The largest absolute Gasteiger partial charge is 0.362 e. The fourth-order valence-electron chi connectivity index (χ4n) is 2.30. The van der Waals surface area contributed by atoms with Crippen molar-refractivity contribution in [3.63, 3.8) is 0 Å². The van der Waals surface area contributed by atoms with Crippen LogP contribution in [-0.2, 0) is 0 Å². The van der Waals surface area contributed by atoms with Gasteiger partial charge in [0.05, 0.1) is 11.2 Å². The normalized spacial score (nSPS) is 10.7. The predicted molar refractivity (Wildman–Crippen MR) is 96.0 cm³/mol. The van der Waals surface area contributed by atoms with Crippen molar-refractivity contribution in [2.75, 3.05) is 24.3 Å². The fourth-order valence-corrected chi connectivity index (χ4v) is 2.89. The molecule has 0 saturated heterocycles. The van der Waals surface area contributed by atoms with Crippen LogP contribution in [-0.4, -0.2) is 24.1 Å². The Morgan fingerprint density at radius 2 is 1.82 bits per heavy atom. The lowest BCUT2D eigenvalue weighted by Gasteiger charge is -2.16. The van der Waals surface area contributed by atoms with Crippen molar-refractivity contribution < 1.29 is 0 Å². The molecule has 0 aliphatic heterocycles. The number of nitrogens with zero attached hydrogens (tertiary/aromatic N) is 3. The Balaban J connectivity index is 2.07. The highest BCUT2D eigenvalue weighted by Gasteiger charge is 2.10. The highest BCUT2D eigenvalue weighted by Crippen LogP contribution is 2.28. The van der Waals surface area contributed by atoms with Gasteiger partial charge in [-0.1, -0.05) is 18.2 Å². The molecule has 0 unspecified atom stereocenters. The van der Waals surface area contributed by atoms with Crippen molar-refractivity contribution in [1.82, 2.24) is 9.97 Å². The highest BCUT2D eigenvalue weighted by molar-refractivity contribution is 9.10. The molecular formula is C17H17BrN4. The zero-order valence-electron chi connectivity index (χ0n) is 12.8. The Hall–Kier alpha value is -2.14. The zero-order valence-corrected chi connectivity index (χ0v) is 14.3. The molecule has 3 aromatic rings. The molecule has 0 bridgehead atoms. The van der Waals surface area contributed by atoms with Crippen LogP contribution in [0.5, 0.6) is 0 Å². The van der Waals surface area contributed by atoms with E-state index in [0.717, 1.165) is 26.9 Å². The second-order valence-electron chi connectivity index (χ2n) is 5.39. The van der Waals surface area contributed by atoms with Crippen LogP contribution in [0.4, 0.5) is 17.5 Å². The van der Waals surface area contributed by atoms with Gasteiger partial charge in [0.15, 0.2) is 0 Å². The van der Waals surface area contributed by atoms with Gasteiger partial charge in [-0.25, -0.2) is 4.98 Å². The van der Waals surface area contributed by atoms with Crippen LogP contribution in [0.1, 0.15) is 5.56 Å². The molecule has 1 heterocycles. The molecule has 5 heteroatoms. The molecule has 1 aromatic heterocycles. The molecular weight excluding hydrogens is 340 g/mol. The van der Waals surface area contributed by atoms with Crippen molar-refractivity contribution >= 4 is 44.3 Å². The summed E-state index contributed by atoms with van der Waals surface area (Å²) in [5, 5.41) is 4.33. The summed E-state index contributed by atoms with van der Waals surface area (Å²) in [5.74, 6) is 1.49. The van der Waals surface area contributed by atoms with Crippen molar-refractivity contribution in [1.29, 1.82) is 0 Å². The Bertz CT molecular complexity index is 830. The molecule has 2 aromatic carbocycles. The first-order chi connectivity index (χ1) is 10.5. The van der Waals surface area contributed by atoms with Crippen LogP contribution in [0.25, 0.3) is 10.9 Å². The van der Waals surface area contributed by atoms with E-state index in [1.807, 2.05) is 49.3 Å². The summed E-state index contributed by atoms with van der Waals surface area (Å²) in [6.07, 6.45) is 0. The number of aromatic nitrogens is 2. The fraction of sp³-hybridized carbons (Fsp3) is 0.176. The quantitative estimate of drug-likeness (QED) is 0.749.